The quantitative estimate of drug-likeness (QED) is 0.812. The molecular formula is C11H15NO4S2. The van der Waals surface area contributed by atoms with Gasteiger partial charge < -0.3 is 0 Å². The number of hydrogen-bond acceptors (Lipinski definition) is 4. The van der Waals surface area contributed by atoms with Gasteiger partial charge >= 0.3 is 0 Å². The molecule has 5 nitrogen and oxygen atoms in total. The smallest absolute Gasteiger partial charge is 0.211 e. The summed E-state index contributed by atoms with van der Waals surface area (Å²) in [5.41, 5.74) is 0. The molecule has 1 atom stereocenters. The summed E-state index contributed by atoms with van der Waals surface area (Å²) in [6, 6.07) is 8.15. The lowest BCUT2D eigenvalue weighted by molar-refractivity contribution is 0.482. The van der Waals surface area contributed by atoms with E-state index in [0.717, 1.165) is 6.26 Å². The Kier molecular flexibility index (Phi) is 3.48. The molecule has 1 aliphatic rings. The average molecular weight is 289 g/mol. The first-order chi connectivity index (χ1) is 8.32. The Morgan fingerprint density at radius 1 is 1.11 bits per heavy atom. The molecule has 0 bridgehead atoms. The largest absolute Gasteiger partial charge is 0.223 e. The summed E-state index contributed by atoms with van der Waals surface area (Å²) in [6.07, 6.45) is 1.45. The first kappa shape index (κ1) is 13.5. The fourth-order valence-corrected chi connectivity index (χ4v) is 4.75. The van der Waals surface area contributed by atoms with Crippen molar-refractivity contribution in [3.8, 4) is 0 Å². The minimum atomic E-state index is -3.44. The minimum Gasteiger partial charge on any atom is -0.223 e. The van der Waals surface area contributed by atoms with Crippen LogP contribution >= 0.6 is 0 Å². The van der Waals surface area contributed by atoms with E-state index in [2.05, 4.69) is 0 Å². The Bertz CT molecular complexity index is 622. The lowest BCUT2D eigenvalue weighted by Crippen LogP contribution is -2.31. The van der Waals surface area contributed by atoms with Crippen molar-refractivity contribution in [1.82, 2.24) is 4.31 Å². The molecule has 1 aliphatic heterocycles. The summed E-state index contributed by atoms with van der Waals surface area (Å²) in [4.78, 5) is 0.255. The summed E-state index contributed by atoms with van der Waals surface area (Å²) >= 11 is 0. The van der Waals surface area contributed by atoms with Gasteiger partial charge in [-0.05, 0) is 18.6 Å². The van der Waals surface area contributed by atoms with Crippen molar-refractivity contribution >= 4 is 19.9 Å². The summed E-state index contributed by atoms with van der Waals surface area (Å²) in [5, 5.41) is -0.644. The summed E-state index contributed by atoms with van der Waals surface area (Å²) in [6.45, 7) is 0.325. The second kappa shape index (κ2) is 4.64. The first-order valence-corrected chi connectivity index (χ1v) is 8.95. The van der Waals surface area contributed by atoms with Gasteiger partial charge in [-0.15, -0.1) is 0 Å². The zero-order valence-electron chi connectivity index (χ0n) is 9.98. The van der Waals surface area contributed by atoms with E-state index in [-0.39, 0.29) is 18.0 Å². The van der Waals surface area contributed by atoms with Crippen molar-refractivity contribution in [3.05, 3.63) is 30.3 Å². The minimum absolute atomic E-state index is 0.0516. The maximum absolute atomic E-state index is 12.3. The zero-order chi connectivity index (χ0) is 13.4. The Labute approximate surface area is 107 Å². The molecule has 1 unspecified atom stereocenters. The molecule has 2 rings (SSSR count). The van der Waals surface area contributed by atoms with E-state index in [1.807, 2.05) is 0 Å². The highest BCUT2D eigenvalue weighted by Gasteiger charge is 2.37. The van der Waals surface area contributed by atoms with E-state index in [4.69, 9.17) is 0 Å². The molecule has 1 saturated heterocycles. The Morgan fingerprint density at radius 3 is 2.22 bits per heavy atom. The van der Waals surface area contributed by atoms with Crippen molar-refractivity contribution in [1.29, 1.82) is 0 Å². The molecule has 18 heavy (non-hydrogen) atoms. The van der Waals surface area contributed by atoms with E-state index in [1.54, 1.807) is 30.3 Å². The number of nitrogens with zero attached hydrogens (tertiary/aromatic N) is 1. The summed E-state index contributed by atoms with van der Waals surface area (Å²) in [5.74, 6) is 0. The molecule has 0 saturated carbocycles. The molecule has 0 aromatic heterocycles. The highest BCUT2D eigenvalue weighted by atomic mass is 32.2. The number of hydrogen-bond donors (Lipinski definition) is 0. The van der Waals surface area contributed by atoms with Crippen molar-refractivity contribution in [2.24, 2.45) is 0 Å². The third kappa shape index (κ3) is 2.57. The normalized spacial score (nSPS) is 22.2. The van der Waals surface area contributed by atoms with Crippen LogP contribution in [0.5, 0.6) is 0 Å². The van der Waals surface area contributed by atoms with E-state index in [0.29, 0.717) is 6.42 Å². The van der Waals surface area contributed by atoms with E-state index in [9.17, 15) is 16.8 Å². The number of sulfone groups is 1. The van der Waals surface area contributed by atoms with E-state index >= 15 is 0 Å². The lowest BCUT2D eigenvalue weighted by atomic mass is 10.4. The first-order valence-electron chi connectivity index (χ1n) is 5.56. The summed E-state index contributed by atoms with van der Waals surface area (Å²) in [7, 11) is -6.75. The summed E-state index contributed by atoms with van der Waals surface area (Å²) < 4.78 is 48.5. The van der Waals surface area contributed by atoms with Crippen molar-refractivity contribution in [2.75, 3.05) is 19.3 Å². The van der Waals surface area contributed by atoms with Crippen LogP contribution < -0.4 is 0 Å². The monoisotopic (exact) mass is 289 g/mol. The average Bonchev–Trinajstić information content (AvgIpc) is 2.79. The fraction of sp³-hybridized carbons (Fsp3) is 0.455. The van der Waals surface area contributed by atoms with Gasteiger partial charge in [0.25, 0.3) is 0 Å². The number of sulfonamides is 1. The van der Waals surface area contributed by atoms with Crippen LogP contribution in [0.1, 0.15) is 6.42 Å². The van der Waals surface area contributed by atoms with Crippen LogP contribution in [0, 0.1) is 0 Å². The van der Waals surface area contributed by atoms with Gasteiger partial charge in [0.15, 0.2) is 9.84 Å². The standard InChI is InChI=1S/C11H15NO4S2/c1-17(13,14)12-8-7-11(9-12)18(15,16)10-5-3-2-4-6-10/h2-6,11H,7-9H2,1H3. The molecule has 0 amide bonds. The van der Waals surface area contributed by atoms with Gasteiger partial charge in [-0.3, -0.25) is 0 Å². The molecule has 0 radical (unpaired) electrons. The predicted octanol–water partition coefficient (Wildman–Crippen LogP) is 0.494. The van der Waals surface area contributed by atoms with Crippen LogP contribution in [-0.2, 0) is 19.9 Å². The SMILES string of the molecule is CS(=O)(=O)N1CCC(S(=O)(=O)c2ccccc2)C1. The number of rotatable bonds is 3. The van der Waals surface area contributed by atoms with Crippen LogP contribution in [0.3, 0.4) is 0 Å². The third-order valence-electron chi connectivity index (χ3n) is 3.09. The van der Waals surface area contributed by atoms with Gasteiger partial charge in [0.1, 0.15) is 0 Å². The van der Waals surface area contributed by atoms with Crippen LogP contribution in [0.4, 0.5) is 0 Å². The van der Waals surface area contributed by atoms with Crippen LogP contribution in [0.25, 0.3) is 0 Å². The predicted molar refractivity (Wildman–Crippen MR) is 68.4 cm³/mol. The molecule has 0 aliphatic carbocycles. The Hall–Kier alpha value is -0.920. The van der Waals surface area contributed by atoms with E-state index in [1.165, 1.54) is 4.31 Å². The molecular weight excluding hydrogens is 274 g/mol. The second-order valence-electron chi connectivity index (χ2n) is 4.39. The Morgan fingerprint density at radius 2 is 1.72 bits per heavy atom. The van der Waals surface area contributed by atoms with Crippen molar-refractivity contribution in [3.63, 3.8) is 0 Å². The molecule has 1 heterocycles. The lowest BCUT2D eigenvalue weighted by Gasteiger charge is -2.13. The maximum Gasteiger partial charge on any atom is 0.211 e. The maximum atomic E-state index is 12.3. The van der Waals surface area contributed by atoms with Crippen LogP contribution in [0.15, 0.2) is 35.2 Å². The second-order valence-corrected chi connectivity index (χ2v) is 8.60. The molecule has 1 aromatic carbocycles. The van der Waals surface area contributed by atoms with Gasteiger partial charge in [0.05, 0.1) is 16.4 Å². The molecule has 1 aromatic rings. The molecule has 7 heteroatoms. The zero-order valence-corrected chi connectivity index (χ0v) is 11.6. The van der Waals surface area contributed by atoms with Gasteiger partial charge in [0, 0.05) is 13.1 Å². The molecule has 1 fully saturated rings. The topological polar surface area (TPSA) is 71.5 Å². The van der Waals surface area contributed by atoms with Crippen LogP contribution in [-0.4, -0.2) is 45.7 Å². The third-order valence-corrected chi connectivity index (χ3v) is 6.55. The fourth-order valence-electron chi connectivity index (χ4n) is 2.05. The van der Waals surface area contributed by atoms with Gasteiger partial charge in [-0.2, -0.15) is 0 Å². The highest BCUT2D eigenvalue weighted by Crippen LogP contribution is 2.24. The Balaban J connectivity index is 2.25. The molecule has 0 N–H and O–H groups in total. The van der Waals surface area contributed by atoms with Crippen molar-refractivity contribution < 1.29 is 16.8 Å². The van der Waals surface area contributed by atoms with Gasteiger partial charge in [0.2, 0.25) is 10.0 Å². The van der Waals surface area contributed by atoms with Crippen molar-refractivity contribution in [2.45, 2.75) is 16.6 Å². The highest BCUT2D eigenvalue weighted by molar-refractivity contribution is 7.92. The van der Waals surface area contributed by atoms with Crippen LogP contribution in [0.2, 0.25) is 0 Å². The molecule has 0 spiro atoms. The van der Waals surface area contributed by atoms with Gasteiger partial charge in [-0.1, -0.05) is 18.2 Å². The van der Waals surface area contributed by atoms with Gasteiger partial charge in [-0.25, -0.2) is 21.1 Å². The molecule has 100 valence electrons. The van der Waals surface area contributed by atoms with E-state index < -0.39 is 25.1 Å². The number of benzene rings is 1.